The lowest BCUT2D eigenvalue weighted by atomic mass is 10.2. The maximum absolute atomic E-state index is 13.5. The van der Waals surface area contributed by atoms with Gasteiger partial charge in [-0.2, -0.15) is 0 Å². The summed E-state index contributed by atoms with van der Waals surface area (Å²) in [6.07, 6.45) is 0. The van der Waals surface area contributed by atoms with Crippen LogP contribution in [0, 0.1) is 5.82 Å². The molecule has 0 aromatic heterocycles. The molecule has 0 heterocycles. The molecule has 88 valence electrons. The van der Waals surface area contributed by atoms with Crippen molar-refractivity contribution in [3.8, 4) is 11.5 Å². The summed E-state index contributed by atoms with van der Waals surface area (Å²) in [6, 6.07) is 11.4. The number of ether oxygens (including phenoxy) is 1. The standard InChI is InChI=1S/C13H10BrFO2/c14-10-6-5-9(11(15)7-10)8-17-13-4-2-1-3-12(13)16/h1-7,16H,8H2. The van der Waals surface area contributed by atoms with E-state index < -0.39 is 0 Å². The number of phenols is 1. The largest absolute Gasteiger partial charge is 0.504 e. The molecule has 0 atom stereocenters. The summed E-state index contributed by atoms with van der Waals surface area (Å²) < 4.78 is 19.5. The van der Waals surface area contributed by atoms with Crippen molar-refractivity contribution in [2.45, 2.75) is 6.61 Å². The van der Waals surface area contributed by atoms with Gasteiger partial charge in [0.1, 0.15) is 12.4 Å². The van der Waals surface area contributed by atoms with Gasteiger partial charge in [0.25, 0.3) is 0 Å². The van der Waals surface area contributed by atoms with Crippen molar-refractivity contribution in [2.24, 2.45) is 0 Å². The fraction of sp³-hybridized carbons (Fsp3) is 0.0769. The highest BCUT2D eigenvalue weighted by molar-refractivity contribution is 9.10. The predicted octanol–water partition coefficient (Wildman–Crippen LogP) is 3.87. The lowest BCUT2D eigenvalue weighted by Gasteiger charge is -2.08. The molecule has 0 bridgehead atoms. The molecule has 2 aromatic carbocycles. The monoisotopic (exact) mass is 296 g/mol. The second-order valence-electron chi connectivity index (χ2n) is 3.49. The number of aromatic hydroxyl groups is 1. The minimum absolute atomic E-state index is 0.0463. The first-order valence-corrected chi connectivity index (χ1v) is 5.81. The van der Waals surface area contributed by atoms with Crippen molar-refractivity contribution in [1.82, 2.24) is 0 Å². The Labute approximate surface area is 107 Å². The summed E-state index contributed by atoms with van der Waals surface area (Å²) in [4.78, 5) is 0. The fourth-order valence-corrected chi connectivity index (χ4v) is 1.71. The van der Waals surface area contributed by atoms with Crippen molar-refractivity contribution in [1.29, 1.82) is 0 Å². The number of phenolic OH excluding ortho intramolecular Hbond substituents is 1. The van der Waals surface area contributed by atoms with Crippen molar-refractivity contribution < 1.29 is 14.2 Å². The highest BCUT2D eigenvalue weighted by atomic mass is 79.9. The summed E-state index contributed by atoms with van der Waals surface area (Å²) in [5.74, 6) is 0.0506. The Bertz CT molecular complexity index is 529. The molecule has 0 radical (unpaired) electrons. The second kappa shape index (κ2) is 5.19. The van der Waals surface area contributed by atoms with Gasteiger partial charge in [-0.05, 0) is 24.3 Å². The summed E-state index contributed by atoms with van der Waals surface area (Å²) in [6.45, 7) is 0.0800. The molecule has 0 aliphatic heterocycles. The fourth-order valence-electron chi connectivity index (χ4n) is 1.37. The van der Waals surface area contributed by atoms with Gasteiger partial charge in [-0.25, -0.2) is 4.39 Å². The topological polar surface area (TPSA) is 29.5 Å². The third-order valence-corrected chi connectivity index (χ3v) is 2.76. The van der Waals surface area contributed by atoms with Crippen LogP contribution in [-0.2, 0) is 6.61 Å². The number of halogens is 2. The Morgan fingerprint density at radius 3 is 2.65 bits per heavy atom. The summed E-state index contributed by atoms with van der Waals surface area (Å²) in [5, 5.41) is 9.48. The maximum atomic E-state index is 13.5. The summed E-state index contributed by atoms with van der Waals surface area (Å²) in [5.41, 5.74) is 0.441. The average molecular weight is 297 g/mol. The Morgan fingerprint density at radius 2 is 1.94 bits per heavy atom. The number of para-hydroxylation sites is 2. The van der Waals surface area contributed by atoms with Gasteiger partial charge in [0.2, 0.25) is 0 Å². The van der Waals surface area contributed by atoms with Gasteiger partial charge in [0.05, 0.1) is 0 Å². The van der Waals surface area contributed by atoms with Crippen LogP contribution in [-0.4, -0.2) is 5.11 Å². The normalized spacial score (nSPS) is 10.2. The summed E-state index contributed by atoms with van der Waals surface area (Å²) >= 11 is 3.18. The molecule has 2 rings (SSSR count). The van der Waals surface area contributed by atoms with E-state index in [0.29, 0.717) is 15.8 Å². The van der Waals surface area contributed by atoms with Crippen LogP contribution in [0.2, 0.25) is 0 Å². The van der Waals surface area contributed by atoms with Crippen LogP contribution < -0.4 is 4.74 Å². The highest BCUT2D eigenvalue weighted by Crippen LogP contribution is 2.26. The van der Waals surface area contributed by atoms with Crippen LogP contribution in [0.4, 0.5) is 4.39 Å². The molecule has 17 heavy (non-hydrogen) atoms. The van der Waals surface area contributed by atoms with E-state index in [1.165, 1.54) is 12.1 Å². The molecule has 2 aromatic rings. The zero-order valence-electron chi connectivity index (χ0n) is 8.86. The molecule has 1 N–H and O–H groups in total. The number of hydrogen-bond acceptors (Lipinski definition) is 2. The second-order valence-corrected chi connectivity index (χ2v) is 4.41. The van der Waals surface area contributed by atoms with Gasteiger partial charge in [-0.3, -0.25) is 0 Å². The van der Waals surface area contributed by atoms with Crippen molar-refractivity contribution in [2.75, 3.05) is 0 Å². The van der Waals surface area contributed by atoms with Gasteiger partial charge < -0.3 is 9.84 Å². The first-order valence-electron chi connectivity index (χ1n) is 5.01. The third-order valence-electron chi connectivity index (χ3n) is 2.26. The van der Waals surface area contributed by atoms with E-state index in [1.54, 1.807) is 30.3 Å². The summed E-state index contributed by atoms with van der Waals surface area (Å²) in [7, 11) is 0. The molecule has 0 fully saturated rings. The maximum Gasteiger partial charge on any atom is 0.161 e. The van der Waals surface area contributed by atoms with Crippen LogP contribution in [0.15, 0.2) is 46.9 Å². The van der Waals surface area contributed by atoms with Gasteiger partial charge in [0, 0.05) is 10.0 Å². The molecule has 0 aliphatic rings. The predicted molar refractivity (Wildman–Crippen MR) is 66.5 cm³/mol. The van der Waals surface area contributed by atoms with Crippen molar-refractivity contribution in [3.05, 3.63) is 58.3 Å². The zero-order chi connectivity index (χ0) is 12.3. The van der Waals surface area contributed by atoms with Crippen LogP contribution in [0.1, 0.15) is 5.56 Å². The molecular formula is C13H10BrFO2. The lowest BCUT2D eigenvalue weighted by molar-refractivity contribution is 0.284. The van der Waals surface area contributed by atoms with E-state index in [4.69, 9.17) is 4.74 Å². The third kappa shape index (κ3) is 2.97. The molecule has 2 nitrogen and oxygen atoms in total. The number of rotatable bonds is 3. The van der Waals surface area contributed by atoms with E-state index in [1.807, 2.05) is 0 Å². The van der Waals surface area contributed by atoms with E-state index in [-0.39, 0.29) is 18.2 Å². The molecule has 0 spiro atoms. The Hall–Kier alpha value is -1.55. The quantitative estimate of drug-likeness (QED) is 0.931. The van der Waals surface area contributed by atoms with Gasteiger partial charge in [-0.1, -0.05) is 34.1 Å². The Balaban J connectivity index is 2.10. The Kier molecular flexibility index (Phi) is 3.64. The molecule has 0 saturated carbocycles. The molecule has 0 unspecified atom stereocenters. The van der Waals surface area contributed by atoms with Crippen LogP contribution in [0.25, 0.3) is 0 Å². The van der Waals surface area contributed by atoms with E-state index in [2.05, 4.69) is 15.9 Å². The molecular weight excluding hydrogens is 287 g/mol. The number of benzene rings is 2. The van der Waals surface area contributed by atoms with Crippen molar-refractivity contribution in [3.63, 3.8) is 0 Å². The molecule has 4 heteroatoms. The van der Waals surface area contributed by atoms with Crippen LogP contribution in [0.5, 0.6) is 11.5 Å². The van der Waals surface area contributed by atoms with E-state index in [0.717, 1.165) is 0 Å². The highest BCUT2D eigenvalue weighted by Gasteiger charge is 2.05. The minimum atomic E-state index is -0.338. The van der Waals surface area contributed by atoms with Crippen LogP contribution in [0.3, 0.4) is 0 Å². The minimum Gasteiger partial charge on any atom is -0.504 e. The molecule has 0 aliphatic carbocycles. The molecule has 0 saturated heterocycles. The first-order chi connectivity index (χ1) is 8.16. The SMILES string of the molecule is Oc1ccccc1OCc1ccc(Br)cc1F. The van der Waals surface area contributed by atoms with Crippen molar-refractivity contribution >= 4 is 15.9 Å². The lowest BCUT2D eigenvalue weighted by Crippen LogP contribution is -1.98. The van der Waals surface area contributed by atoms with E-state index in [9.17, 15) is 9.50 Å². The smallest absolute Gasteiger partial charge is 0.161 e. The average Bonchev–Trinajstić information content (AvgIpc) is 2.30. The zero-order valence-corrected chi connectivity index (χ0v) is 10.4. The first kappa shape index (κ1) is 11.9. The number of hydrogen-bond donors (Lipinski definition) is 1. The Morgan fingerprint density at radius 1 is 1.18 bits per heavy atom. The van der Waals surface area contributed by atoms with Gasteiger partial charge in [0.15, 0.2) is 11.5 Å². The van der Waals surface area contributed by atoms with Gasteiger partial charge >= 0.3 is 0 Å². The molecule has 0 amide bonds. The van der Waals surface area contributed by atoms with Crippen LogP contribution >= 0.6 is 15.9 Å². The van der Waals surface area contributed by atoms with E-state index >= 15 is 0 Å². The van der Waals surface area contributed by atoms with Gasteiger partial charge in [-0.15, -0.1) is 0 Å².